The highest BCUT2D eigenvalue weighted by Gasteiger charge is 2.49. The normalized spacial score (nSPS) is 29.3. The molecular formula is C9H15N3OS. The molecule has 0 bridgehead atoms. The van der Waals surface area contributed by atoms with Crippen molar-refractivity contribution in [3.63, 3.8) is 0 Å². The van der Waals surface area contributed by atoms with Crippen molar-refractivity contribution < 1.29 is 4.79 Å². The number of rotatable bonds is 4. The molecule has 4 nitrogen and oxygen atoms in total. The molecule has 0 radical (unpaired) electrons. The molecule has 1 aliphatic heterocycles. The minimum Gasteiger partial charge on any atom is -0.393 e. The molecule has 0 spiro atoms. The molecule has 1 saturated carbocycles. The number of carbonyl (C=O) groups excluding carboxylic acids is 1. The predicted molar refractivity (Wildman–Crippen MR) is 57.6 cm³/mol. The Bertz CT molecular complexity index is 288. The minimum atomic E-state index is -0.227. The van der Waals surface area contributed by atoms with Crippen LogP contribution in [0.1, 0.15) is 19.3 Å². The van der Waals surface area contributed by atoms with Gasteiger partial charge in [0.1, 0.15) is 0 Å². The Morgan fingerprint density at radius 3 is 2.43 bits per heavy atom. The molecule has 0 aromatic rings. The van der Waals surface area contributed by atoms with Crippen molar-refractivity contribution >= 4 is 23.1 Å². The topological polar surface area (TPSA) is 72.4 Å². The molecule has 1 amide bonds. The fraction of sp³-hybridized carbons (Fsp3) is 0.778. The third kappa shape index (κ3) is 1.50. The van der Waals surface area contributed by atoms with Crippen LogP contribution >= 0.6 is 12.2 Å². The van der Waals surface area contributed by atoms with Crippen LogP contribution in [0, 0.1) is 5.41 Å². The number of hydrogen-bond donors (Lipinski definition) is 2. The van der Waals surface area contributed by atoms with Crippen LogP contribution in [0.2, 0.25) is 0 Å². The van der Waals surface area contributed by atoms with Gasteiger partial charge in [-0.3, -0.25) is 9.69 Å². The van der Waals surface area contributed by atoms with E-state index in [1.165, 1.54) is 0 Å². The zero-order chi connectivity index (χ0) is 10.3. The monoisotopic (exact) mass is 213 g/mol. The van der Waals surface area contributed by atoms with Crippen molar-refractivity contribution in [1.29, 1.82) is 0 Å². The van der Waals surface area contributed by atoms with Crippen molar-refractivity contribution in [1.82, 2.24) is 4.90 Å². The van der Waals surface area contributed by atoms with E-state index in [1.807, 2.05) is 0 Å². The predicted octanol–water partition coefficient (Wildman–Crippen LogP) is -0.388. The molecular weight excluding hydrogens is 198 g/mol. The first-order valence-electron chi connectivity index (χ1n) is 4.88. The summed E-state index contributed by atoms with van der Waals surface area (Å²) < 4.78 is 0. The van der Waals surface area contributed by atoms with E-state index in [1.54, 1.807) is 0 Å². The van der Waals surface area contributed by atoms with Gasteiger partial charge in [0, 0.05) is 18.5 Å². The van der Waals surface area contributed by atoms with Crippen LogP contribution in [0.15, 0.2) is 0 Å². The highest BCUT2D eigenvalue weighted by atomic mass is 32.1. The van der Waals surface area contributed by atoms with E-state index in [-0.39, 0.29) is 17.4 Å². The summed E-state index contributed by atoms with van der Waals surface area (Å²) in [7, 11) is 0. The lowest BCUT2D eigenvalue weighted by Crippen LogP contribution is -2.57. The zero-order valence-corrected chi connectivity index (χ0v) is 8.85. The molecule has 78 valence electrons. The van der Waals surface area contributed by atoms with Crippen molar-refractivity contribution in [2.24, 2.45) is 16.9 Å². The molecule has 1 aliphatic carbocycles. The van der Waals surface area contributed by atoms with Gasteiger partial charge in [0.15, 0.2) is 0 Å². The lowest BCUT2D eigenvalue weighted by molar-refractivity contribution is -0.127. The largest absolute Gasteiger partial charge is 0.393 e. The Morgan fingerprint density at radius 2 is 2.14 bits per heavy atom. The van der Waals surface area contributed by atoms with Gasteiger partial charge in [0.25, 0.3) is 0 Å². The summed E-state index contributed by atoms with van der Waals surface area (Å²) >= 11 is 5.02. The van der Waals surface area contributed by atoms with Gasteiger partial charge in [0.2, 0.25) is 5.91 Å². The summed E-state index contributed by atoms with van der Waals surface area (Å²) in [6.07, 6.45) is 3.00. The van der Waals surface area contributed by atoms with Crippen LogP contribution < -0.4 is 11.5 Å². The van der Waals surface area contributed by atoms with Gasteiger partial charge in [-0.25, -0.2) is 0 Å². The van der Waals surface area contributed by atoms with Gasteiger partial charge >= 0.3 is 0 Å². The Hall–Kier alpha value is -0.680. The van der Waals surface area contributed by atoms with Crippen LogP contribution in [0.5, 0.6) is 0 Å². The number of nitrogens with two attached hydrogens (primary N) is 2. The second-order valence-corrected chi connectivity index (χ2v) is 4.76. The summed E-state index contributed by atoms with van der Waals surface area (Å²) in [5.41, 5.74) is 10.9. The first-order chi connectivity index (χ1) is 6.55. The molecule has 5 heteroatoms. The maximum Gasteiger partial charge on any atom is 0.234 e. The number of likely N-dealkylation sites (tertiary alicyclic amines) is 1. The molecule has 0 aromatic heterocycles. The van der Waals surface area contributed by atoms with Gasteiger partial charge in [-0.2, -0.15) is 0 Å². The third-order valence-corrected chi connectivity index (χ3v) is 3.77. The molecule has 14 heavy (non-hydrogen) atoms. The van der Waals surface area contributed by atoms with Crippen molar-refractivity contribution in [3.8, 4) is 0 Å². The van der Waals surface area contributed by atoms with Crippen LogP contribution in [0.3, 0.4) is 0 Å². The SMILES string of the molecule is NC(=O)C1CCN1CC1(C(N)=S)CC1. The second-order valence-electron chi connectivity index (χ2n) is 4.32. The molecule has 2 rings (SSSR count). The van der Waals surface area contributed by atoms with Crippen molar-refractivity contribution in [2.75, 3.05) is 13.1 Å². The highest BCUT2D eigenvalue weighted by molar-refractivity contribution is 7.80. The number of hydrogen-bond acceptors (Lipinski definition) is 3. The fourth-order valence-electron chi connectivity index (χ4n) is 1.97. The molecule has 2 aliphatic rings. The number of thiocarbonyl (C=S) groups is 1. The van der Waals surface area contributed by atoms with Gasteiger partial charge in [0.05, 0.1) is 11.0 Å². The lowest BCUT2D eigenvalue weighted by Gasteiger charge is -2.40. The van der Waals surface area contributed by atoms with E-state index in [9.17, 15) is 4.79 Å². The quantitative estimate of drug-likeness (QED) is 0.624. The summed E-state index contributed by atoms with van der Waals surface area (Å²) in [5, 5.41) is 0. The van der Waals surface area contributed by atoms with E-state index in [0.717, 1.165) is 32.4 Å². The van der Waals surface area contributed by atoms with Gasteiger partial charge in [-0.15, -0.1) is 0 Å². The number of primary amides is 1. The van der Waals surface area contributed by atoms with E-state index in [2.05, 4.69) is 4.90 Å². The Balaban J connectivity index is 1.93. The van der Waals surface area contributed by atoms with Crippen LogP contribution in [-0.2, 0) is 4.79 Å². The van der Waals surface area contributed by atoms with Gasteiger partial charge < -0.3 is 11.5 Å². The molecule has 2 fully saturated rings. The highest BCUT2D eigenvalue weighted by Crippen LogP contribution is 2.47. The van der Waals surface area contributed by atoms with E-state index in [4.69, 9.17) is 23.7 Å². The molecule has 1 unspecified atom stereocenters. The average molecular weight is 213 g/mol. The summed E-state index contributed by atoms with van der Waals surface area (Å²) in [5.74, 6) is -0.227. The van der Waals surface area contributed by atoms with E-state index >= 15 is 0 Å². The summed E-state index contributed by atoms with van der Waals surface area (Å²) in [6, 6.07) is -0.0816. The maximum absolute atomic E-state index is 11.0. The summed E-state index contributed by atoms with van der Waals surface area (Å²) in [6.45, 7) is 1.76. The van der Waals surface area contributed by atoms with Crippen LogP contribution in [0.4, 0.5) is 0 Å². The molecule has 4 N–H and O–H groups in total. The number of carbonyl (C=O) groups is 1. The first kappa shape index (κ1) is 9.86. The number of nitrogens with zero attached hydrogens (tertiary/aromatic N) is 1. The van der Waals surface area contributed by atoms with Crippen molar-refractivity contribution in [3.05, 3.63) is 0 Å². The standard InChI is InChI=1S/C9H15N3OS/c10-7(13)6-1-4-12(6)5-9(2-3-9)8(11)14/h6H,1-5H2,(H2,10,13)(H2,11,14). The minimum absolute atomic E-state index is 0.0173. The molecule has 1 saturated heterocycles. The zero-order valence-electron chi connectivity index (χ0n) is 8.03. The first-order valence-corrected chi connectivity index (χ1v) is 5.29. The molecule has 1 heterocycles. The maximum atomic E-state index is 11.0. The van der Waals surface area contributed by atoms with Crippen molar-refractivity contribution in [2.45, 2.75) is 25.3 Å². The number of amides is 1. The summed E-state index contributed by atoms with van der Waals surface area (Å²) in [4.78, 5) is 13.7. The third-order valence-electron chi connectivity index (χ3n) is 3.34. The van der Waals surface area contributed by atoms with Crippen LogP contribution in [-0.4, -0.2) is 34.9 Å². The van der Waals surface area contributed by atoms with Gasteiger partial charge in [-0.05, 0) is 19.3 Å². The van der Waals surface area contributed by atoms with E-state index < -0.39 is 0 Å². The lowest BCUT2D eigenvalue weighted by atomic mass is 9.97. The molecule has 0 aromatic carbocycles. The Labute approximate surface area is 88.6 Å². The average Bonchev–Trinajstić information content (AvgIpc) is 2.77. The second kappa shape index (κ2) is 3.17. The smallest absolute Gasteiger partial charge is 0.234 e. The van der Waals surface area contributed by atoms with Crippen LogP contribution in [0.25, 0.3) is 0 Å². The van der Waals surface area contributed by atoms with Gasteiger partial charge in [-0.1, -0.05) is 12.2 Å². The Kier molecular flexibility index (Phi) is 2.23. The van der Waals surface area contributed by atoms with E-state index in [0.29, 0.717) is 4.99 Å². The fourth-order valence-corrected chi connectivity index (χ4v) is 2.24. The molecule has 1 atom stereocenters. The Morgan fingerprint density at radius 1 is 1.50 bits per heavy atom.